The summed E-state index contributed by atoms with van der Waals surface area (Å²) in [6.45, 7) is 5.24. The Morgan fingerprint density at radius 3 is 2.45 bits per heavy atom. The van der Waals surface area contributed by atoms with E-state index in [1.165, 1.54) is 0 Å². The van der Waals surface area contributed by atoms with Crippen molar-refractivity contribution in [3.05, 3.63) is 52.3 Å². The smallest absolute Gasteiger partial charge is 0.244 e. The number of carbonyl (C=O) groups is 1. The van der Waals surface area contributed by atoms with Gasteiger partial charge in [-0.25, -0.2) is 0 Å². The predicted molar refractivity (Wildman–Crippen MR) is 125 cm³/mol. The minimum Gasteiger partial charge on any atom is -0.490 e. The van der Waals surface area contributed by atoms with Crippen LogP contribution in [0.4, 0.5) is 5.69 Å². The molecule has 0 bridgehead atoms. The lowest BCUT2D eigenvalue weighted by Crippen LogP contribution is -2.19. The molecule has 0 aliphatic carbocycles. The minimum atomic E-state index is -0.239. The summed E-state index contributed by atoms with van der Waals surface area (Å²) < 4.78 is 13.5. The van der Waals surface area contributed by atoms with Crippen molar-refractivity contribution in [3.8, 4) is 22.9 Å². The van der Waals surface area contributed by atoms with Crippen LogP contribution >= 0.6 is 23.8 Å². The molecular formula is C22H25ClN4O3S. The van der Waals surface area contributed by atoms with Gasteiger partial charge in [-0.05, 0) is 61.5 Å². The zero-order chi connectivity index (χ0) is 22.2. The number of hydrogen-bond donors (Lipinski definition) is 2. The molecule has 9 heteroatoms. The molecule has 0 radical (unpaired) electrons. The molecule has 1 heterocycles. The van der Waals surface area contributed by atoms with E-state index in [9.17, 15) is 4.79 Å². The van der Waals surface area contributed by atoms with Crippen LogP contribution in [0.1, 0.15) is 26.7 Å². The van der Waals surface area contributed by atoms with E-state index in [0.717, 1.165) is 18.4 Å². The van der Waals surface area contributed by atoms with E-state index >= 15 is 0 Å². The SMILES string of the molecule is CCCOc1ccc(NC(=O)Cn2c(-c3ccc(Cl)cc3)n[nH]c2=S)cc1OCCC. The molecule has 3 rings (SSSR count). The van der Waals surface area contributed by atoms with Crippen molar-refractivity contribution in [1.82, 2.24) is 14.8 Å². The van der Waals surface area contributed by atoms with Crippen LogP contribution in [0.15, 0.2) is 42.5 Å². The Balaban J connectivity index is 1.76. The standard InChI is InChI=1S/C22H25ClN4O3S/c1-3-11-29-18-10-9-17(13-19(18)30-12-4-2)24-20(28)14-27-21(25-26-22(27)31)15-5-7-16(23)8-6-15/h5-10,13H,3-4,11-12,14H2,1-2H3,(H,24,28)(H,26,31). The zero-order valence-corrected chi connectivity index (χ0v) is 19.1. The number of aromatic nitrogens is 3. The summed E-state index contributed by atoms with van der Waals surface area (Å²) in [6.07, 6.45) is 1.77. The van der Waals surface area contributed by atoms with E-state index in [2.05, 4.69) is 15.5 Å². The van der Waals surface area contributed by atoms with Crippen molar-refractivity contribution in [2.45, 2.75) is 33.2 Å². The predicted octanol–water partition coefficient (Wildman–Crippen LogP) is 5.48. The second-order valence-electron chi connectivity index (χ2n) is 6.85. The van der Waals surface area contributed by atoms with Crippen molar-refractivity contribution in [2.75, 3.05) is 18.5 Å². The number of aromatic amines is 1. The van der Waals surface area contributed by atoms with Crippen molar-refractivity contribution >= 4 is 35.4 Å². The third-order valence-corrected chi connectivity index (χ3v) is 4.88. The highest BCUT2D eigenvalue weighted by molar-refractivity contribution is 7.71. The van der Waals surface area contributed by atoms with Crippen molar-refractivity contribution in [2.24, 2.45) is 0 Å². The maximum Gasteiger partial charge on any atom is 0.244 e. The minimum absolute atomic E-state index is 0.00648. The largest absolute Gasteiger partial charge is 0.490 e. The molecule has 1 amide bonds. The molecule has 2 aromatic carbocycles. The van der Waals surface area contributed by atoms with Crippen LogP contribution < -0.4 is 14.8 Å². The third kappa shape index (κ3) is 6.08. The summed E-state index contributed by atoms with van der Waals surface area (Å²) in [5.41, 5.74) is 1.42. The summed E-state index contributed by atoms with van der Waals surface area (Å²) in [6, 6.07) is 12.5. The molecule has 3 aromatic rings. The Bertz CT molecular complexity index is 1080. The van der Waals surface area contributed by atoms with Gasteiger partial charge in [-0.15, -0.1) is 0 Å². The highest BCUT2D eigenvalue weighted by atomic mass is 35.5. The van der Waals surface area contributed by atoms with Crippen LogP contribution in [0.2, 0.25) is 5.02 Å². The second-order valence-corrected chi connectivity index (χ2v) is 7.68. The van der Waals surface area contributed by atoms with E-state index in [1.807, 2.05) is 26.0 Å². The first kappa shape index (κ1) is 22.8. The highest BCUT2D eigenvalue weighted by Gasteiger charge is 2.14. The summed E-state index contributed by atoms with van der Waals surface area (Å²) >= 11 is 11.3. The van der Waals surface area contributed by atoms with Gasteiger partial charge in [-0.2, -0.15) is 5.10 Å². The van der Waals surface area contributed by atoms with Crippen LogP contribution in [-0.2, 0) is 11.3 Å². The number of nitrogens with one attached hydrogen (secondary N) is 2. The molecule has 7 nitrogen and oxygen atoms in total. The molecule has 0 saturated carbocycles. The number of carbonyl (C=O) groups excluding carboxylic acids is 1. The van der Waals surface area contributed by atoms with Crippen LogP contribution in [-0.4, -0.2) is 33.9 Å². The lowest BCUT2D eigenvalue weighted by Gasteiger charge is -2.14. The quantitative estimate of drug-likeness (QED) is 0.391. The van der Waals surface area contributed by atoms with Gasteiger partial charge < -0.3 is 14.8 Å². The van der Waals surface area contributed by atoms with E-state index in [-0.39, 0.29) is 12.5 Å². The number of benzene rings is 2. The fourth-order valence-corrected chi connectivity index (χ4v) is 3.19. The van der Waals surface area contributed by atoms with Gasteiger partial charge in [-0.1, -0.05) is 25.4 Å². The summed E-state index contributed by atoms with van der Waals surface area (Å²) in [5, 5.41) is 10.5. The molecule has 1 aromatic heterocycles. The van der Waals surface area contributed by atoms with Gasteiger partial charge in [0.05, 0.1) is 13.2 Å². The molecule has 0 spiro atoms. The first-order chi connectivity index (χ1) is 15.0. The number of amides is 1. The van der Waals surface area contributed by atoms with Crippen molar-refractivity contribution < 1.29 is 14.3 Å². The molecule has 2 N–H and O–H groups in total. The molecule has 0 fully saturated rings. The van der Waals surface area contributed by atoms with Crippen molar-refractivity contribution in [1.29, 1.82) is 0 Å². The average molecular weight is 461 g/mol. The first-order valence-corrected chi connectivity index (χ1v) is 10.9. The van der Waals surface area contributed by atoms with Crippen LogP contribution in [0.5, 0.6) is 11.5 Å². The number of anilines is 1. The van der Waals surface area contributed by atoms with Crippen molar-refractivity contribution in [3.63, 3.8) is 0 Å². The average Bonchev–Trinajstić information content (AvgIpc) is 3.12. The topological polar surface area (TPSA) is 81.2 Å². The Labute approximate surface area is 191 Å². The Hall–Kier alpha value is -2.84. The highest BCUT2D eigenvalue weighted by Crippen LogP contribution is 2.31. The van der Waals surface area contributed by atoms with Crippen LogP contribution in [0, 0.1) is 4.77 Å². The number of ether oxygens (including phenoxy) is 2. The third-order valence-electron chi connectivity index (χ3n) is 4.31. The maximum absolute atomic E-state index is 12.7. The van der Waals surface area contributed by atoms with Gasteiger partial charge in [0.25, 0.3) is 0 Å². The number of nitrogens with zero attached hydrogens (tertiary/aromatic N) is 2. The van der Waals surface area contributed by atoms with Gasteiger partial charge in [0.1, 0.15) is 6.54 Å². The van der Waals surface area contributed by atoms with Crippen LogP contribution in [0.25, 0.3) is 11.4 Å². The first-order valence-electron chi connectivity index (χ1n) is 10.1. The number of halogens is 1. The summed E-state index contributed by atoms with van der Waals surface area (Å²) in [5.74, 6) is 1.59. The normalized spacial score (nSPS) is 10.7. The monoisotopic (exact) mass is 460 g/mol. The number of H-pyrrole nitrogens is 1. The number of hydrogen-bond acceptors (Lipinski definition) is 5. The number of rotatable bonds is 10. The van der Waals surface area contributed by atoms with E-state index < -0.39 is 0 Å². The lowest BCUT2D eigenvalue weighted by atomic mass is 10.2. The van der Waals surface area contributed by atoms with Gasteiger partial charge >= 0.3 is 0 Å². The molecule has 0 aliphatic heterocycles. The lowest BCUT2D eigenvalue weighted by molar-refractivity contribution is -0.116. The Morgan fingerprint density at radius 1 is 1.10 bits per heavy atom. The Kier molecular flexibility index (Phi) is 8.08. The molecule has 0 saturated heterocycles. The van der Waals surface area contributed by atoms with E-state index in [4.69, 9.17) is 33.3 Å². The second kappa shape index (κ2) is 11.0. The van der Waals surface area contributed by atoms with Gasteiger partial charge in [0.2, 0.25) is 5.91 Å². The molecular weight excluding hydrogens is 436 g/mol. The van der Waals surface area contributed by atoms with E-state index in [0.29, 0.717) is 46.0 Å². The summed E-state index contributed by atoms with van der Waals surface area (Å²) in [7, 11) is 0. The van der Waals surface area contributed by atoms with Gasteiger partial charge in [0.15, 0.2) is 22.1 Å². The fourth-order valence-electron chi connectivity index (χ4n) is 2.87. The Morgan fingerprint density at radius 2 is 1.77 bits per heavy atom. The molecule has 0 atom stereocenters. The molecule has 164 valence electrons. The molecule has 0 aliphatic rings. The van der Waals surface area contributed by atoms with Gasteiger partial charge in [0, 0.05) is 22.3 Å². The van der Waals surface area contributed by atoms with Gasteiger partial charge in [-0.3, -0.25) is 14.5 Å². The molecule has 31 heavy (non-hydrogen) atoms. The van der Waals surface area contributed by atoms with E-state index in [1.54, 1.807) is 34.9 Å². The fraction of sp³-hybridized carbons (Fsp3) is 0.318. The summed E-state index contributed by atoms with van der Waals surface area (Å²) in [4.78, 5) is 12.7. The maximum atomic E-state index is 12.7. The van der Waals surface area contributed by atoms with Crippen LogP contribution in [0.3, 0.4) is 0 Å². The zero-order valence-electron chi connectivity index (χ0n) is 17.5. The molecule has 0 unspecified atom stereocenters.